The number of carbonyl (C=O) groups excluding carboxylic acids is 1. The number of amides is 1. The average Bonchev–Trinajstić information content (AvgIpc) is 3.23. The lowest BCUT2D eigenvalue weighted by Gasteiger charge is -2.05. The van der Waals surface area contributed by atoms with Crippen molar-refractivity contribution in [3.05, 3.63) is 96.1 Å². The van der Waals surface area contributed by atoms with E-state index in [-0.39, 0.29) is 18.3 Å². The van der Waals surface area contributed by atoms with Crippen molar-refractivity contribution < 1.29 is 18.4 Å². The lowest BCUT2D eigenvalue weighted by atomic mass is 10.1. The molecular weight excluding hydrogens is 373 g/mol. The molecule has 4 rings (SSSR count). The Morgan fingerprint density at radius 2 is 1.69 bits per heavy atom. The molecule has 0 unspecified atom stereocenters. The summed E-state index contributed by atoms with van der Waals surface area (Å²) in [6.45, 7) is 0.169. The maximum Gasteiger partial charge on any atom is 0.264 e. The third-order valence-electron chi connectivity index (χ3n) is 4.08. The Morgan fingerprint density at radius 3 is 2.41 bits per heavy atom. The van der Waals surface area contributed by atoms with Gasteiger partial charge in [0, 0.05) is 16.8 Å². The van der Waals surface area contributed by atoms with Gasteiger partial charge in [0.15, 0.2) is 6.61 Å². The smallest absolute Gasteiger partial charge is 0.264 e. The van der Waals surface area contributed by atoms with Crippen molar-refractivity contribution in [2.24, 2.45) is 0 Å². The second-order valence-electron chi connectivity index (χ2n) is 6.15. The van der Waals surface area contributed by atoms with Gasteiger partial charge in [0.25, 0.3) is 11.8 Å². The molecule has 0 atom stereocenters. The van der Waals surface area contributed by atoms with E-state index >= 15 is 0 Å². The predicted octanol–water partition coefficient (Wildman–Crippen LogP) is 4.71. The Balaban J connectivity index is 1.38. The highest BCUT2D eigenvalue weighted by atomic mass is 19.1. The maximum absolute atomic E-state index is 13.0. The zero-order chi connectivity index (χ0) is 20.1. The Kier molecular flexibility index (Phi) is 5.29. The van der Waals surface area contributed by atoms with Crippen LogP contribution in [0.1, 0.15) is 16.2 Å². The highest BCUT2D eigenvalue weighted by Crippen LogP contribution is 2.20. The molecule has 29 heavy (non-hydrogen) atoms. The largest absolute Gasteiger partial charge is 0.484 e. The van der Waals surface area contributed by atoms with E-state index in [1.165, 1.54) is 24.3 Å². The minimum atomic E-state index is -0.389. The fraction of sp³-hybridized carbons (Fsp3) is 0.0455. The molecule has 0 saturated heterocycles. The zero-order valence-electron chi connectivity index (χ0n) is 15.2. The van der Waals surface area contributed by atoms with Crippen molar-refractivity contribution >= 4 is 11.6 Å². The summed E-state index contributed by atoms with van der Waals surface area (Å²) in [5.41, 5.74) is 1.70. The van der Waals surface area contributed by atoms with Crippen LogP contribution in [0.2, 0.25) is 0 Å². The fourth-order valence-electron chi connectivity index (χ4n) is 2.60. The van der Waals surface area contributed by atoms with Gasteiger partial charge in [0.05, 0.1) is 0 Å². The molecule has 0 radical (unpaired) electrons. The Labute approximate surface area is 166 Å². The van der Waals surface area contributed by atoms with Gasteiger partial charge in [-0.25, -0.2) is 4.39 Å². The number of anilines is 1. The lowest BCUT2D eigenvalue weighted by molar-refractivity contribution is 0.102. The van der Waals surface area contributed by atoms with E-state index in [0.29, 0.717) is 28.7 Å². The molecular formula is C22H16FN3O3. The first-order valence-electron chi connectivity index (χ1n) is 8.85. The van der Waals surface area contributed by atoms with E-state index < -0.39 is 0 Å². The van der Waals surface area contributed by atoms with Gasteiger partial charge in [-0.2, -0.15) is 4.98 Å². The molecule has 4 aromatic rings. The van der Waals surface area contributed by atoms with Crippen LogP contribution in [0.5, 0.6) is 5.75 Å². The summed E-state index contributed by atoms with van der Waals surface area (Å²) in [5, 5.41) is 6.71. The van der Waals surface area contributed by atoms with Crippen LogP contribution < -0.4 is 10.1 Å². The number of benzene rings is 3. The van der Waals surface area contributed by atoms with Gasteiger partial charge in [-0.3, -0.25) is 4.79 Å². The number of hydrogen-bond acceptors (Lipinski definition) is 5. The van der Waals surface area contributed by atoms with Crippen molar-refractivity contribution in [1.82, 2.24) is 10.1 Å². The number of rotatable bonds is 6. The average molecular weight is 389 g/mol. The molecule has 1 aromatic heterocycles. The molecule has 144 valence electrons. The molecule has 1 heterocycles. The molecule has 0 aliphatic heterocycles. The minimum absolute atomic E-state index is 0.169. The molecule has 0 fully saturated rings. The first-order chi connectivity index (χ1) is 14.2. The second-order valence-corrected chi connectivity index (χ2v) is 6.15. The summed E-state index contributed by atoms with van der Waals surface area (Å²) in [7, 11) is 0. The molecule has 0 aliphatic rings. The van der Waals surface area contributed by atoms with Gasteiger partial charge in [-0.1, -0.05) is 23.4 Å². The number of carbonyl (C=O) groups is 1. The SMILES string of the molecule is O=C(Nc1ccc(-c2noc(COc3ccccc3)n2)cc1)c1ccc(F)cc1. The monoisotopic (exact) mass is 389 g/mol. The number of halogens is 1. The van der Waals surface area contributed by atoms with Gasteiger partial charge >= 0.3 is 0 Å². The fourth-order valence-corrected chi connectivity index (χ4v) is 2.60. The van der Waals surface area contributed by atoms with Crippen molar-refractivity contribution in [2.45, 2.75) is 6.61 Å². The van der Waals surface area contributed by atoms with Crippen LogP contribution in [0, 0.1) is 5.82 Å². The van der Waals surface area contributed by atoms with Gasteiger partial charge < -0.3 is 14.6 Å². The second kappa shape index (κ2) is 8.35. The Hall–Kier alpha value is -4.00. The Morgan fingerprint density at radius 1 is 0.966 bits per heavy atom. The van der Waals surface area contributed by atoms with E-state index in [1.54, 1.807) is 24.3 Å². The summed E-state index contributed by atoms with van der Waals surface area (Å²) in [5.74, 6) is 0.788. The summed E-state index contributed by atoms with van der Waals surface area (Å²) in [4.78, 5) is 16.5. The van der Waals surface area contributed by atoms with Crippen molar-refractivity contribution in [3.8, 4) is 17.1 Å². The number of nitrogens with zero attached hydrogens (tertiary/aromatic N) is 2. The number of nitrogens with one attached hydrogen (secondary N) is 1. The molecule has 6 nitrogen and oxygen atoms in total. The van der Waals surface area contributed by atoms with Crippen LogP contribution in [-0.4, -0.2) is 16.0 Å². The van der Waals surface area contributed by atoms with Crippen LogP contribution in [0.25, 0.3) is 11.4 Å². The van der Waals surface area contributed by atoms with Crippen LogP contribution in [0.15, 0.2) is 83.4 Å². The van der Waals surface area contributed by atoms with E-state index in [0.717, 1.165) is 5.56 Å². The van der Waals surface area contributed by atoms with Gasteiger partial charge in [0.2, 0.25) is 5.82 Å². The van der Waals surface area contributed by atoms with Crippen molar-refractivity contribution in [2.75, 3.05) is 5.32 Å². The van der Waals surface area contributed by atoms with Crippen LogP contribution in [-0.2, 0) is 6.61 Å². The first kappa shape index (κ1) is 18.4. The first-order valence-corrected chi connectivity index (χ1v) is 8.85. The van der Waals surface area contributed by atoms with Crippen LogP contribution in [0.3, 0.4) is 0 Å². The van der Waals surface area contributed by atoms with E-state index in [9.17, 15) is 9.18 Å². The third-order valence-corrected chi connectivity index (χ3v) is 4.08. The quantitative estimate of drug-likeness (QED) is 0.517. The summed E-state index contributed by atoms with van der Waals surface area (Å²) in [6.07, 6.45) is 0. The number of ether oxygens (including phenoxy) is 1. The molecule has 3 aromatic carbocycles. The molecule has 0 spiro atoms. The normalized spacial score (nSPS) is 10.5. The van der Waals surface area contributed by atoms with Crippen molar-refractivity contribution in [3.63, 3.8) is 0 Å². The number of hydrogen-bond donors (Lipinski definition) is 1. The third kappa shape index (κ3) is 4.65. The van der Waals surface area contributed by atoms with Crippen molar-refractivity contribution in [1.29, 1.82) is 0 Å². The molecule has 0 saturated carbocycles. The molecule has 1 N–H and O–H groups in total. The topological polar surface area (TPSA) is 77.2 Å². The zero-order valence-corrected chi connectivity index (χ0v) is 15.2. The number of para-hydroxylation sites is 1. The highest BCUT2D eigenvalue weighted by molar-refractivity contribution is 6.04. The van der Waals surface area contributed by atoms with Gasteiger partial charge in [-0.05, 0) is 60.7 Å². The van der Waals surface area contributed by atoms with E-state index in [1.807, 2.05) is 30.3 Å². The minimum Gasteiger partial charge on any atom is -0.484 e. The summed E-state index contributed by atoms with van der Waals surface area (Å²) < 4.78 is 23.8. The van der Waals surface area contributed by atoms with Gasteiger partial charge in [0.1, 0.15) is 11.6 Å². The summed E-state index contributed by atoms with van der Waals surface area (Å²) >= 11 is 0. The molecule has 0 bridgehead atoms. The van der Waals surface area contributed by atoms with Crippen LogP contribution >= 0.6 is 0 Å². The molecule has 0 aliphatic carbocycles. The highest BCUT2D eigenvalue weighted by Gasteiger charge is 2.10. The number of aromatic nitrogens is 2. The Bertz CT molecular complexity index is 1090. The standard InChI is InChI=1S/C22H16FN3O3/c23-17-10-6-16(7-11-17)22(27)24-18-12-8-15(9-13-18)21-25-20(29-26-21)14-28-19-4-2-1-3-5-19/h1-13H,14H2,(H,24,27). The maximum atomic E-state index is 13.0. The van der Waals surface area contributed by atoms with Crippen LogP contribution in [0.4, 0.5) is 10.1 Å². The molecule has 7 heteroatoms. The predicted molar refractivity (Wildman–Crippen MR) is 105 cm³/mol. The van der Waals surface area contributed by atoms with E-state index in [4.69, 9.17) is 9.26 Å². The van der Waals surface area contributed by atoms with E-state index in [2.05, 4.69) is 15.5 Å². The summed E-state index contributed by atoms with van der Waals surface area (Å²) in [6, 6.07) is 21.7. The molecule has 1 amide bonds. The lowest BCUT2D eigenvalue weighted by Crippen LogP contribution is -2.11. The van der Waals surface area contributed by atoms with Gasteiger partial charge in [-0.15, -0.1) is 0 Å².